The summed E-state index contributed by atoms with van der Waals surface area (Å²) in [4.78, 5) is 11.6. The van der Waals surface area contributed by atoms with E-state index in [1.54, 1.807) is 0 Å². The molecule has 94 valence electrons. The third-order valence-corrected chi connectivity index (χ3v) is 2.37. The third-order valence-electron chi connectivity index (χ3n) is 2.37. The largest absolute Gasteiger partial charge is 0.494 e. The van der Waals surface area contributed by atoms with E-state index in [2.05, 4.69) is 5.32 Å². The Kier molecular flexibility index (Phi) is 5.49. The zero-order valence-electron chi connectivity index (χ0n) is 10.4. The molecule has 0 bridgehead atoms. The van der Waals surface area contributed by atoms with Crippen LogP contribution >= 0.6 is 0 Å². The van der Waals surface area contributed by atoms with E-state index in [9.17, 15) is 4.79 Å². The van der Waals surface area contributed by atoms with Gasteiger partial charge >= 0.3 is 0 Å². The summed E-state index contributed by atoms with van der Waals surface area (Å²) in [6, 6.07) is 6.82. The molecular weight excluding hydrogens is 216 g/mol. The van der Waals surface area contributed by atoms with Crippen LogP contribution in [0.3, 0.4) is 0 Å². The molecule has 3 N–H and O–H groups in total. The van der Waals surface area contributed by atoms with Crippen molar-refractivity contribution in [3.05, 3.63) is 24.3 Å². The van der Waals surface area contributed by atoms with E-state index >= 15 is 0 Å². The fraction of sp³-hybridized carbons (Fsp3) is 0.462. The van der Waals surface area contributed by atoms with Gasteiger partial charge in [0.2, 0.25) is 5.91 Å². The minimum atomic E-state index is -0.438. The van der Waals surface area contributed by atoms with Gasteiger partial charge in [0.15, 0.2) is 0 Å². The molecule has 0 saturated heterocycles. The molecule has 4 heteroatoms. The molecule has 0 aliphatic carbocycles. The Hall–Kier alpha value is -1.55. The number of ether oxygens (including phenoxy) is 1. The monoisotopic (exact) mass is 236 g/mol. The van der Waals surface area contributed by atoms with Gasteiger partial charge in [-0.1, -0.05) is 13.3 Å². The van der Waals surface area contributed by atoms with Crippen LogP contribution in [-0.2, 0) is 4.79 Å². The van der Waals surface area contributed by atoms with E-state index in [1.807, 2.05) is 38.1 Å². The van der Waals surface area contributed by atoms with Gasteiger partial charge in [-0.05, 0) is 37.6 Å². The van der Waals surface area contributed by atoms with Crippen molar-refractivity contribution in [3.8, 4) is 5.75 Å². The van der Waals surface area contributed by atoms with E-state index < -0.39 is 6.04 Å². The van der Waals surface area contributed by atoms with Gasteiger partial charge < -0.3 is 15.8 Å². The SMILES string of the molecule is CCCC(N)C(=O)Nc1ccc(OCC)cc1. The number of rotatable bonds is 6. The summed E-state index contributed by atoms with van der Waals surface area (Å²) in [5.74, 6) is 0.652. The molecule has 0 saturated carbocycles. The number of benzene rings is 1. The molecule has 1 aromatic carbocycles. The first kappa shape index (κ1) is 13.5. The number of anilines is 1. The first-order valence-corrected chi connectivity index (χ1v) is 5.96. The Bertz CT molecular complexity index is 349. The Morgan fingerprint density at radius 2 is 2.00 bits per heavy atom. The summed E-state index contributed by atoms with van der Waals surface area (Å²) in [5, 5.41) is 2.78. The van der Waals surface area contributed by atoms with E-state index in [4.69, 9.17) is 10.5 Å². The van der Waals surface area contributed by atoms with Crippen LogP contribution in [0.25, 0.3) is 0 Å². The number of carbonyl (C=O) groups excluding carboxylic acids is 1. The minimum absolute atomic E-state index is 0.143. The Morgan fingerprint density at radius 1 is 1.35 bits per heavy atom. The molecule has 0 heterocycles. The van der Waals surface area contributed by atoms with Crippen molar-refractivity contribution >= 4 is 11.6 Å². The first-order chi connectivity index (χ1) is 8.17. The first-order valence-electron chi connectivity index (χ1n) is 5.96. The lowest BCUT2D eigenvalue weighted by Crippen LogP contribution is -2.35. The number of amides is 1. The van der Waals surface area contributed by atoms with Gasteiger partial charge in [-0.2, -0.15) is 0 Å². The average Bonchev–Trinajstić information content (AvgIpc) is 2.32. The molecule has 0 spiro atoms. The standard InChI is InChI=1S/C13H20N2O2/c1-3-5-12(14)13(16)15-10-6-8-11(9-7-10)17-4-2/h6-9,12H,3-5,14H2,1-2H3,(H,15,16). The summed E-state index contributed by atoms with van der Waals surface area (Å²) < 4.78 is 5.31. The van der Waals surface area contributed by atoms with Crippen molar-refractivity contribution in [1.82, 2.24) is 0 Å². The Morgan fingerprint density at radius 3 is 2.53 bits per heavy atom. The third kappa shape index (κ3) is 4.44. The van der Waals surface area contributed by atoms with Crippen LogP contribution < -0.4 is 15.8 Å². The Labute approximate surface area is 102 Å². The molecule has 0 aliphatic rings. The molecule has 1 amide bonds. The number of carbonyl (C=O) groups is 1. The highest BCUT2D eigenvalue weighted by Crippen LogP contribution is 2.15. The van der Waals surface area contributed by atoms with Crippen LogP contribution in [0.15, 0.2) is 24.3 Å². The zero-order chi connectivity index (χ0) is 12.7. The second-order valence-electron chi connectivity index (χ2n) is 3.84. The molecule has 0 aromatic heterocycles. The summed E-state index contributed by atoms with van der Waals surface area (Å²) >= 11 is 0. The van der Waals surface area contributed by atoms with Crippen molar-refractivity contribution in [3.63, 3.8) is 0 Å². The second-order valence-corrected chi connectivity index (χ2v) is 3.84. The van der Waals surface area contributed by atoms with Crippen LogP contribution in [0.1, 0.15) is 26.7 Å². The highest BCUT2D eigenvalue weighted by atomic mass is 16.5. The van der Waals surface area contributed by atoms with Gasteiger partial charge in [0.25, 0.3) is 0 Å². The van der Waals surface area contributed by atoms with Crippen LogP contribution in [0, 0.1) is 0 Å². The molecule has 0 fully saturated rings. The maximum atomic E-state index is 11.6. The lowest BCUT2D eigenvalue weighted by atomic mass is 10.1. The molecule has 4 nitrogen and oxygen atoms in total. The molecule has 0 aliphatic heterocycles. The van der Waals surface area contributed by atoms with Crippen LogP contribution in [0.4, 0.5) is 5.69 Å². The fourth-order valence-corrected chi connectivity index (χ4v) is 1.48. The molecular formula is C13H20N2O2. The van der Waals surface area contributed by atoms with Gasteiger partial charge in [0.05, 0.1) is 12.6 Å². The molecule has 0 radical (unpaired) electrons. The highest BCUT2D eigenvalue weighted by molar-refractivity contribution is 5.94. The number of nitrogens with two attached hydrogens (primary N) is 1. The van der Waals surface area contributed by atoms with E-state index in [1.165, 1.54) is 0 Å². The van der Waals surface area contributed by atoms with Gasteiger partial charge in [-0.25, -0.2) is 0 Å². The lowest BCUT2D eigenvalue weighted by molar-refractivity contribution is -0.117. The molecule has 1 rings (SSSR count). The number of hydrogen-bond acceptors (Lipinski definition) is 3. The maximum absolute atomic E-state index is 11.6. The van der Waals surface area contributed by atoms with E-state index in [0.29, 0.717) is 13.0 Å². The van der Waals surface area contributed by atoms with Crippen molar-refractivity contribution in [1.29, 1.82) is 0 Å². The van der Waals surface area contributed by atoms with E-state index in [0.717, 1.165) is 17.9 Å². The van der Waals surface area contributed by atoms with Crippen molar-refractivity contribution in [2.24, 2.45) is 5.73 Å². The van der Waals surface area contributed by atoms with Crippen molar-refractivity contribution in [2.45, 2.75) is 32.7 Å². The molecule has 1 aromatic rings. The normalized spacial score (nSPS) is 11.9. The second kappa shape index (κ2) is 6.91. The summed E-state index contributed by atoms with van der Waals surface area (Å²) in [5.41, 5.74) is 6.46. The van der Waals surface area contributed by atoms with Crippen molar-refractivity contribution in [2.75, 3.05) is 11.9 Å². The number of hydrogen-bond donors (Lipinski definition) is 2. The molecule has 1 atom stereocenters. The lowest BCUT2D eigenvalue weighted by Gasteiger charge is -2.11. The molecule has 17 heavy (non-hydrogen) atoms. The number of nitrogens with one attached hydrogen (secondary N) is 1. The minimum Gasteiger partial charge on any atom is -0.494 e. The van der Waals surface area contributed by atoms with Crippen LogP contribution in [0.2, 0.25) is 0 Å². The smallest absolute Gasteiger partial charge is 0.241 e. The topological polar surface area (TPSA) is 64.4 Å². The van der Waals surface area contributed by atoms with Crippen LogP contribution in [0.5, 0.6) is 5.75 Å². The van der Waals surface area contributed by atoms with Gasteiger partial charge in [-0.15, -0.1) is 0 Å². The fourth-order valence-electron chi connectivity index (χ4n) is 1.48. The molecule has 1 unspecified atom stereocenters. The predicted molar refractivity (Wildman–Crippen MR) is 69.1 cm³/mol. The summed E-state index contributed by atoms with van der Waals surface area (Å²) in [6.45, 7) is 4.57. The highest BCUT2D eigenvalue weighted by Gasteiger charge is 2.11. The summed E-state index contributed by atoms with van der Waals surface area (Å²) in [6.07, 6.45) is 1.60. The summed E-state index contributed by atoms with van der Waals surface area (Å²) in [7, 11) is 0. The van der Waals surface area contributed by atoms with Gasteiger partial charge in [0, 0.05) is 5.69 Å². The zero-order valence-corrected chi connectivity index (χ0v) is 10.4. The van der Waals surface area contributed by atoms with Gasteiger partial charge in [0.1, 0.15) is 5.75 Å². The predicted octanol–water partition coefficient (Wildman–Crippen LogP) is 2.15. The average molecular weight is 236 g/mol. The maximum Gasteiger partial charge on any atom is 0.241 e. The quantitative estimate of drug-likeness (QED) is 0.795. The van der Waals surface area contributed by atoms with E-state index in [-0.39, 0.29) is 5.91 Å². The van der Waals surface area contributed by atoms with Crippen LogP contribution in [-0.4, -0.2) is 18.6 Å². The van der Waals surface area contributed by atoms with Gasteiger partial charge in [-0.3, -0.25) is 4.79 Å². The van der Waals surface area contributed by atoms with Crippen molar-refractivity contribution < 1.29 is 9.53 Å². The Balaban J connectivity index is 2.53.